The minimum absolute atomic E-state index is 0.578. The Morgan fingerprint density at radius 3 is 2.30 bits per heavy atom. The summed E-state index contributed by atoms with van der Waals surface area (Å²) < 4.78 is 12.7. The predicted molar refractivity (Wildman–Crippen MR) is 80.7 cm³/mol. The van der Waals surface area contributed by atoms with E-state index in [1.807, 2.05) is 30.8 Å². The quantitative estimate of drug-likeness (QED) is 0.585. The van der Waals surface area contributed by atoms with Crippen LogP contribution >= 0.6 is 0 Å². The Labute approximate surface area is 121 Å². The van der Waals surface area contributed by atoms with E-state index in [4.69, 9.17) is 15.2 Å². The van der Waals surface area contributed by atoms with Crippen molar-refractivity contribution in [1.82, 2.24) is 14.7 Å². The van der Waals surface area contributed by atoms with E-state index in [1.165, 1.54) is 0 Å². The topological polar surface area (TPSA) is 65.5 Å². The van der Waals surface area contributed by atoms with Crippen molar-refractivity contribution in [2.75, 3.05) is 51.8 Å². The van der Waals surface area contributed by atoms with Crippen LogP contribution in [0.25, 0.3) is 0 Å². The first-order valence-corrected chi connectivity index (χ1v) is 7.43. The first-order chi connectivity index (χ1) is 9.76. The van der Waals surface area contributed by atoms with E-state index in [2.05, 4.69) is 10.00 Å². The van der Waals surface area contributed by atoms with Gasteiger partial charge in [-0.3, -0.25) is 9.58 Å². The number of hydrogen-bond acceptors (Lipinski definition) is 5. The minimum Gasteiger partial charge on any atom is -0.382 e. The molecule has 0 unspecified atom stereocenters. The van der Waals surface area contributed by atoms with Gasteiger partial charge in [0.15, 0.2) is 0 Å². The smallest absolute Gasteiger partial charge is 0.145 e. The molecule has 0 amide bonds. The molecule has 2 N–H and O–H groups in total. The molecule has 0 saturated carbocycles. The Morgan fingerprint density at radius 2 is 1.80 bits per heavy atom. The van der Waals surface area contributed by atoms with Crippen LogP contribution in [0.2, 0.25) is 0 Å². The second-order valence-corrected chi connectivity index (χ2v) is 4.59. The summed E-state index contributed by atoms with van der Waals surface area (Å²) in [6, 6.07) is 1.82. The third kappa shape index (κ3) is 7.47. The lowest BCUT2D eigenvalue weighted by atomic mass is 10.3. The summed E-state index contributed by atoms with van der Waals surface area (Å²) >= 11 is 0. The van der Waals surface area contributed by atoms with Gasteiger partial charge in [0.2, 0.25) is 0 Å². The number of aromatic nitrogens is 2. The number of ether oxygens (including phenoxy) is 2. The van der Waals surface area contributed by atoms with Gasteiger partial charge in [-0.05, 0) is 26.3 Å². The number of anilines is 1. The van der Waals surface area contributed by atoms with Crippen LogP contribution in [-0.2, 0) is 16.0 Å². The maximum atomic E-state index is 5.60. The molecular weight excluding hydrogens is 256 g/mol. The molecular formula is C14H28N4O2. The average molecular weight is 284 g/mol. The van der Waals surface area contributed by atoms with Gasteiger partial charge in [0, 0.05) is 45.6 Å². The summed E-state index contributed by atoms with van der Waals surface area (Å²) in [5, 5.41) is 4.18. The molecule has 0 saturated heterocycles. The number of aryl methyl sites for hydroxylation is 1. The van der Waals surface area contributed by atoms with Gasteiger partial charge in [0.1, 0.15) is 5.82 Å². The predicted octanol–water partition coefficient (Wildman–Crippen LogP) is 1.23. The second-order valence-electron chi connectivity index (χ2n) is 4.59. The van der Waals surface area contributed by atoms with E-state index in [9.17, 15) is 0 Å². The lowest BCUT2D eigenvalue weighted by Gasteiger charge is -2.22. The lowest BCUT2D eigenvalue weighted by Crippen LogP contribution is -2.32. The van der Waals surface area contributed by atoms with Crippen LogP contribution in [0.3, 0.4) is 0 Å². The second kappa shape index (κ2) is 10.7. The van der Waals surface area contributed by atoms with Crippen molar-refractivity contribution in [3.63, 3.8) is 0 Å². The van der Waals surface area contributed by atoms with Crippen LogP contribution in [0.1, 0.15) is 20.3 Å². The largest absolute Gasteiger partial charge is 0.382 e. The molecule has 6 nitrogen and oxygen atoms in total. The minimum atomic E-state index is 0.578. The van der Waals surface area contributed by atoms with Gasteiger partial charge in [-0.1, -0.05) is 0 Å². The molecule has 0 aliphatic heterocycles. The summed E-state index contributed by atoms with van der Waals surface area (Å²) in [6.07, 6.45) is 2.96. The standard InChI is InChI=1S/C14H28N4O2/c1-3-19-12-10-17(11-13-20-4-2)7-5-8-18-9-6-14(15)16-18/h6,9H,3-5,7-8,10-13H2,1-2H3,(H2,15,16). The normalized spacial score (nSPS) is 11.3. The van der Waals surface area contributed by atoms with Crippen molar-refractivity contribution in [3.05, 3.63) is 12.3 Å². The molecule has 116 valence electrons. The summed E-state index contributed by atoms with van der Waals surface area (Å²) in [5.74, 6) is 0.578. The monoisotopic (exact) mass is 284 g/mol. The number of rotatable bonds is 12. The lowest BCUT2D eigenvalue weighted by molar-refractivity contribution is 0.0817. The fourth-order valence-electron chi connectivity index (χ4n) is 1.97. The molecule has 0 aliphatic rings. The maximum Gasteiger partial charge on any atom is 0.145 e. The van der Waals surface area contributed by atoms with E-state index >= 15 is 0 Å². The highest BCUT2D eigenvalue weighted by Crippen LogP contribution is 1.99. The van der Waals surface area contributed by atoms with Gasteiger partial charge in [-0.2, -0.15) is 5.10 Å². The average Bonchev–Trinajstić information content (AvgIpc) is 2.84. The fourth-order valence-corrected chi connectivity index (χ4v) is 1.97. The summed E-state index contributed by atoms with van der Waals surface area (Å²) in [7, 11) is 0. The molecule has 20 heavy (non-hydrogen) atoms. The first-order valence-electron chi connectivity index (χ1n) is 7.43. The van der Waals surface area contributed by atoms with Crippen LogP contribution in [0, 0.1) is 0 Å². The highest BCUT2D eigenvalue weighted by atomic mass is 16.5. The molecule has 0 bridgehead atoms. The Morgan fingerprint density at radius 1 is 1.15 bits per heavy atom. The van der Waals surface area contributed by atoms with Gasteiger partial charge < -0.3 is 15.2 Å². The van der Waals surface area contributed by atoms with Gasteiger partial charge >= 0.3 is 0 Å². The molecule has 0 aromatic carbocycles. The molecule has 0 atom stereocenters. The van der Waals surface area contributed by atoms with Crippen LogP contribution in [0.15, 0.2) is 12.3 Å². The molecule has 0 fully saturated rings. The van der Waals surface area contributed by atoms with Crippen molar-refractivity contribution in [1.29, 1.82) is 0 Å². The van der Waals surface area contributed by atoms with Crippen molar-refractivity contribution >= 4 is 5.82 Å². The van der Waals surface area contributed by atoms with Crippen LogP contribution in [0.4, 0.5) is 5.82 Å². The Kier molecular flexibility index (Phi) is 9.02. The molecule has 6 heteroatoms. The van der Waals surface area contributed by atoms with E-state index < -0.39 is 0 Å². The van der Waals surface area contributed by atoms with Gasteiger partial charge in [-0.25, -0.2) is 0 Å². The summed E-state index contributed by atoms with van der Waals surface area (Å²) in [6.45, 7) is 10.9. The number of nitrogens with two attached hydrogens (primary N) is 1. The van der Waals surface area contributed by atoms with Crippen LogP contribution in [-0.4, -0.2) is 60.7 Å². The molecule has 1 aromatic heterocycles. The van der Waals surface area contributed by atoms with Crippen LogP contribution in [0.5, 0.6) is 0 Å². The third-order valence-electron chi connectivity index (χ3n) is 3.03. The molecule has 0 aliphatic carbocycles. The fraction of sp³-hybridized carbons (Fsp3) is 0.786. The van der Waals surface area contributed by atoms with E-state index in [1.54, 1.807) is 0 Å². The molecule has 1 aromatic rings. The van der Waals surface area contributed by atoms with Crippen molar-refractivity contribution in [2.24, 2.45) is 0 Å². The number of nitrogen functional groups attached to an aromatic ring is 1. The molecule has 0 radical (unpaired) electrons. The Balaban J connectivity index is 2.23. The molecule has 1 rings (SSSR count). The highest BCUT2D eigenvalue weighted by molar-refractivity contribution is 5.23. The number of hydrogen-bond donors (Lipinski definition) is 1. The Hall–Kier alpha value is -1.11. The molecule has 0 spiro atoms. The Bertz CT molecular complexity index is 334. The van der Waals surface area contributed by atoms with Crippen molar-refractivity contribution in [3.8, 4) is 0 Å². The molecule has 1 heterocycles. The first kappa shape index (κ1) is 16.9. The third-order valence-corrected chi connectivity index (χ3v) is 3.03. The summed E-state index contributed by atoms with van der Waals surface area (Å²) in [5.41, 5.74) is 5.60. The maximum absolute atomic E-state index is 5.60. The van der Waals surface area contributed by atoms with E-state index in [0.717, 1.165) is 59.0 Å². The summed E-state index contributed by atoms with van der Waals surface area (Å²) in [4.78, 5) is 2.37. The zero-order chi connectivity index (χ0) is 14.6. The van der Waals surface area contributed by atoms with Crippen LogP contribution < -0.4 is 5.73 Å². The highest BCUT2D eigenvalue weighted by Gasteiger charge is 2.05. The van der Waals surface area contributed by atoms with E-state index in [-0.39, 0.29) is 0 Å². The zero-order valence-corrected chi connectivity index (χ0v) is 12.8. The van der Waals surface area contributed by atoms with Gasteiger partial charge in [0.25, 0.3) is 0 Å². The van der Waals surface area contributed by atoms with Gasteiger partial charge in [0.05, 0.1) is 13.2 Å². The van der Waals surface area contributed by atoms with E-state index in [0.29, 0.717) is 5.82 Å². The SMILES string of the molecule is CCOCCN(CCCn1ccc(N)n1)CCOCC. The zero-order valence-electron chi connectivity index (χ0n) is 12.8. The number of nitrogens with zero attached hydrogens (tertiary/aromatic N) is 3. The van der Waals surface area contributed by atoms with Gasteiger partial charge in [-0.15, -0.1) is 0 Å². The van der Waals surface area contributed by atoms with Crippen molar-refractivity contribution in [2.45, 2.75) is 26.8 Å². The van der Waals surface area contributed by atoms with Crippen molar-refractivity contribution < 1.29 is 9.47 Å².